The van der Waals surface area contributed by atoms with Gasteiger partial charge in [0.1, 0.15) is 0 Å². The highest BCUT2D eigenvalue weighted by Crippen LogP contribution is 2.26. The van der Waals surface area contributed by atoms with Gasteiger partial charge < -0.3 is 15.8 Å². The van der Waals surface area contributed by atoms with Crippen LogP contribution in [0.3, 0.4) is 0 Å². The Morgan fingerprint density at radius 1 is 1.35 bits per heavy atom. The van der Waals surface area contributed by atoms with Crippen molar-refractivity contribution in [1.82, 2.24) is 4.90 Å². The van der Waals surface area contributed by atoms with Crippen LogP contribution in [-0.2, 0) is 0 Å². The van der Waals surface area contributed by atoms with E-state index in [2.05, 4.69) is 41.9 Å². The van der Waals surface area contributed by atoms with Crippen molar-refractivity contribution in [3.63, 3.8) is 0 Å². The van der Waals surface area contributed by atoms with Crippen LogP contribution < -0.4 is 10.6 Å². The molecule has 0 bridgehead atoms. The number of piperazine rings is 1. The summed E-state index contributed by atoms with van der Waals surface area (Å²) in [5, 5.41) is 11.8. The number of amidine groups is 1. The predicted molar refractivity (Wildman–Crippen MR) is 82.6 cm³/mol. The van der Waals surface area contributed by atoms with Crippen LogP contribution >= 0.6 is 0 Å². The molecule has 0 unspecified atom stereocenters. The molecule has 1 aromatic carbocycles. The van der Waals surface area contributed by atoms with Gasteiger partial charge in [-0.05, 0) is 51.6 Å². The van der Waals surface area contributed by atoms with Crippen molar-refractivity contribution in [2.24, 2.45) is 10.9 Å². The van der Waals surface area contributed by atoms with Crippen molar-refractivity contribution in [2.75, 3.05) is 31.6 Å². The molecule has 20 heavy (non-hydrogen) atoms. The Hall–Kier alpha value is -1.75. The Labute approximate surface area is 120 Å². The smallest absolute Gasteiger partial charge is 0.170 e. The molecule has 1 aromatic rings. The van der Waals surface area contributed by atoms with Crippen molar-refractivity contribution in [3.8, 4) is 0 Å². The van der Waals surface area contributed by atoms with E-state index in [1.807, 2.05) is 19.1 Å². The summed E-state index contributed by atoms with van der Waals surface area (Å²) in [4.78, 5) is 4.78. The normalized spacial score (nSPS) is 20.2. The summed E-state index contributed by atoms with van der Waals surface area (Å²) in [6.07, 6.45) is 0. The molecule has 0 atom stereocenters. The van der Waals surface area contributed by atoms with E-state index in [0.717, 1.165) is 30.8 Å². The van der Waals surface area contributed by atoms with Crippen LogP contribution in [0.2, 0.25) is 0 Å². The maximum Gasteiger partial charge on any atom is 0.170 e. The van der Waals surface area contributed by atoms with E-state index in [1.165, 1.54) is 5.69 Å². The molecule has 0 amide bonds. The molecule has 2 rings (SSSR count). The van der Waals surface area contributed by atoms with Gasteiger partial charge in [-0.1, -0.05) is 5.16 Å². The lowest BCUT2D eigenvalue weighted by molar-refractivity contribution is 0.139. The molecular formula is C15H24N4O. The zero-order chi connectivity index (χ0) is 14.9. The van der Waals surface area contributed by atoms with Crippen molar-refractivity contribution in [3.05, 3.63) is 29.3 Å². The summed E-state index contributed by atoms with van der Waals surface area (Å²) < 4.78 is 0. The zero-order valence-corrected chi connectivity index (χ0v) is 12.7. The molecule has 0 spiro atoms. The Morgan fingerprint density at radius 3 is 2.60 bits per heavy atom. The van der Waals surface area contributed by atoms with Crippen molar-refractivity contribution < 1.29 is 5.21 Å². The summed E-state index contributed by atoms with van der Waals surface area (Å²) >= 11 is 0. The molecule has 1 heterocycles. The van der Waals surface area contributed by atoms with Gasteiger partial charge in [0.2, 0.25) is 0 Å². The first-order chi connectivity index (χ1) is 9.35. The first-order valence-electron chi connectivity index (χ1n) is 6.90. The summed E-state index contributed by atoms with van der Waals surface area (Å²) in [5.74, 6) is 0.160. The van der Waals surface area contributed by atoms with Crippen LogP contribution in [0.25, 0.3) is 0 Å². The molecule has 5 heteroatoms. The van der Waals surface area contributed by atoms with Crippen LogP contribution in [0.15, 0.2) is 23.4 Å². The van der Waals surface area contributed by atoms with E-state index < -0.39 is 0 Å². The standard InChI is InChI=1S/C15H24N4O/c1-11-9-12(5-6-13(11)14(16)17-20)19-8-7-18(4)15(2,3)10-19/h5-6,9,20H,7-8,10H2,1-4H3,(H2,16,17). The molecular weight excluding hydrogens is 252 g/mol. The second-order valence-corrected chi connectivity index (χ2v) is 6.14. The Balaban J connectivity index is 2.25. The highest BCUT2D eigenvalue weighted by molar-refractivity contribution is 5.98. The molecule has 0 aromatic heterocycles. The molecule has 0 radical (unpaired) electrons. The van der Waals surface area contributed by atoms with E-state index in [0.29, 0.717) is 0 Å². The SMILES string of the molecule is Cc1cc(N2CCN(C)C(C)(C)C2)ccc1/C(N)=N/O. The number of benzene rings is 1. The van der Waals surface area contributed by atoms with E-state index in [9.17, 15) is 0 Å². The van der Waals surface area contributed by atoms with Crippen LogP contribution in [0.4, 0.5) is 5.69 Å². The fourth-order valence-electron chi connectivity index (χ4n) is 2.65. The number of nitrogens with zero attached hydrogens (tertiary/aromatic N) is 3. The van der Waals surface area contributed by atoms with Crippen molar-refractivity contribution in [1.29, 1.82) is 0 Å². The minimum atomic E-state index is 0.160. The third-order valence-corrected chi connectivity index (χ3v) is 4.28. The number of aryl methyl sites for hydroxylation is 1. The third kappa shape index (κ3) is 2.72. The lowest BCUT2D eigenvalue weighted by atomic mass is 9.98. The molecule has 5 nitrogen and oxygen atoms in total. The van der Waals surface area contributed by atoms with Gasteiger partial charge >= 0.3 is 0 Å². The topological polar surface area (TPSA) is 65.1 Å². The lowest BCUT2D eigenvalue weighted by Crippen LogP contribution is -2.57. The van der Waals surface area contributed by atoms with Gasteiger partial charge in [0.25, 0.3) is 0 Å². The fourth-order valence-corrected chi connectivity index (χ4v) is 2.65. The molecule has 1 fully saturated rings. The Kier molecular flexibility index (Phi) is 3.90. The molecule has 0 aliphatic carbocycles. The fraction of sp³-hybridized carbons (Fsp3) is 0.533. The van der Waals surface area contributed by atoms with Crippen molar-refractivity contribution >= 4 is 11.5 Å². The molecule has 3 N–H and O–H groups in total. The molecule has 0 saturated carbocycles. The summed E-state index contributed by atoms with van der Waals surface area (Å²) in [7, 11) is 2.17. The van der Waals surface area contributed by atoms with E-state index in [1.54, 1.807) is 0 Å². The Morgan fingerprint density at radius 2 is 2.05 bits per heavy atom. The van der Waals surface area contributed by atoms with Gasteiger partial charge in [0.05, 0.1) is 0 Å². The van der Waals surface area contributed by atoms with E-state index in [4.69, 9.17) is 10.9 Å². The first-order valence-corrected chi connectivity index (χ1v) is 6.90. The second-order valence-electron chi connectivity index (χ2n) is 6.14. The second kappa shape index (κ2) is 5.32. The number of nitrogens with two attached hydrogens (primary N) is 1. The highest BCUT2D eigenvalue weighted by atomic mass is 16.4. The maximum absolute atomic E-state index is 8.78. The van der Waals surface area contributed by atoms with Crippen LogP contribution in [0, 0.1) is 6.92 Å². The molecule has 1 saturated heterocycles. The summed E-state index contributed by atoms with van der Waals surface area (Å²) in [6.45, 7) is 9.56. The highest BCUT2D eigenvalue weighted by Gasteiger charge is 2.31. The van der Waals surface area contributed by atoms with Crippen LogP contribution in [0.1, 0.15) is 25.0 Å². The number of hydrogen-bond donors (Lipinski definition) is 2. The minimum Gasteiger partial charge on any atom is -0.409 e. The number of oxime groups is 1. The van der Waals surface area contributed by atoms with Gasteiger partial charge in [-0.15, -0.1) is 0 Å². The quantitative estimate of drug-likeness (QED) is 0.373. The largest absolute Gasteiger partial charge is 0.409 e. The average molecular weight is 276 g/mol. The van der Waals surface area contributed by atoms with Crippen molar-refractivity contribution in [2.45, 2.75) is 26.3 Å². The predicted octanol–water partition coefficient (Wildman–Crippen LogP) is 1.62. The Bertz CT molecular complexity index is 525. The summed E-state index contributed by atoms with van der Waals surface area (Å²) in [6, 6.07) is 6.07. The maximum atomic E-state index is 8.78. The zero-order valence-electron chi connectivity index (χ0n) is 12.7. The van der Waals surface area contributed by atoms with E-state index in [-0.39, 0.29) is 11.4 Å². The summed E-state index contributed by atoms with van der Waals surface area (Å²) in [5.41, 5.74) is 8.83. The van der Waals surface area contributed by atoms with Gasteiger partial charge in [0, 0.05) is 36.4 Å². The van der Waals surface area contributed by atoms with Crippen LogP contribution in [-0.4, -0.2) is 48.2 Å². The first kappa shape index (κ1) is 14.7. The van der Waals surface area contributed by atoms with Gasteiger partial charge in [-0.3, -0.25) is 4.90 Å². The number of likely N-dealkylation sites (N-methyl/N-ethyl adjacent to an activating group) is 1. The van der Waals surface area contributed by atoms with Crippen LogP contribution in [0.5, 0.6) is 0 Å². The van der Waals surface area contributed by atoms with Gasteiger partial charge in [-0.2, -0.15) is 0 Å². The average Bonchev–Trinajstić information content (AvgIpc) is 2.41. The minimum absolute atomic E-state index is 0.160. The number of rotatable bonds is 2. The number of anilines is 1. The monoisotopic (exact) mass is 276 g/mol. The van der Waals surface area contributed by atoms with Gasteiger partial charge in [-0.25, -0.2) is 0 Å². The van der Waals surface area contributed by atoms with Gasteiger partial charge in [0.15, 0.2) is 5.84 Å². The third-order valence-electron chi connectivity index (χ3n) is 4.28. The molecule has 1 aliphatic rings. The molecule has 110 valence electrons. The molecule has 1 aliphatic heterocycles. The van der Waals surface area contributed by atoms with E-state index >= 15 is 0 Å². The lowest BCUT2D eigenvalue weighted by Gasteiger charge is -2.46. The number of hydrogen-bond acceptors (Lipinski definition) is 4.